The average molecular weight is 302 g/mol. The van der Waals surface area contributed by atoms with Crippen molar-refractivity contribution in [2.45, 2.75) is 20.4 Å². The summed E-state index contributed by atoms with van der Waals surface area (Å²) in [5.74, 6) is -0.301. The zero-order valence-corrected chi connectivity index (χ0v) is 12.5. The second kappa shape index (κ2) is 6.75. The van der Waals surface area contributed by atoms with Gasteiger partial charge in [-0.15, -0.1) is 0 Å². The van der Waals surface area contributed by atoms with Crippen LogP contribution in [0.1, 0.15) is 18.2 Å². The van der Waals surface area contributed by atoms with Crippen LogP contribution in [-0.2, 0) is 16.1 Å². The van der Waals surface area contributed by atoms with Gasteiger partial charge in [0.1, 0.15) is 6.54 Å². The molecule has 116 valence electrons. The molecule has 2 rings (SSSR count). The molecule has 0 bridgehead atoms. The minimum absolute atomic E-state index is 0.122. The number of primary amides is 1. The summed E-state index contributed by atoms with van der Waals surface area (Å²) in [6.07, 6.45) is 1.52. The van der Waals surface area contributed by atoms with Gasteiger partial charge in [-0.2, -0.15) is 5.10 Å². The molecule has 7 nitrogen and oxygen atoms in total. The summed E-state index contributed by atoms with van der Waals surface area (Å²) in [4.78, 5) is 22.5. The molecule has 0 aliphatic heterocycles. The van der Waals surface area contributed by atoms with Crippen LogP contribution < -0.4 is 11.2 Å². The van der Waals surface area contributed by atoms with Crippen molar-refractivity contribution >= 4 is 29.1 Å². The molecular formula is C15H18N4O3. The Morgan fingerprint density at radius 2 is 2.14 bits per heavy atom. The van der Waals surface area contributed by atoms with Crippen LogP contribution in [0.4, 0.5) is 4.79 Å². The number of carbonyl (C=O) groups is 2. The van der Waals surface area contributed by atoms with Crippen molar-refractivity contribution in [2.75, 3.05) is 6.61 Å². The molecule has 1 heterocycles. The van der Waals surface area contributed by atoms with Crippen LogP contribution in [0.5, 0.6) is 0 Å². The van der Waals surface area contributed by atoms with Crippen molar-refractivity contribution in [3.63, 3.8) is 0 Å². The fourth-order valence-electron chi connectivity index (χ4n) is 2.32. The summed E-state index contributed by atoms with van der Waals surface area (Å²) in [6.45, 7) is 4.11. The van der Waals surface area contributed by atoms with Crippen LogP contribution in [0, 0.1) is 6.92 Å². The Morgan fingerprint density at radius 1 is 1.41 bits per heavy atom. The lowest BCUT2D eigenvalue weighted by molar-refractivity contribution is -0.143. The van der Waals surface area contributed by atoms with Crippen LogP contribution in [0.15, 0.2) is 29.4 Å². The second-order valence-electron chi connectivity index (χ2n) is 4.64. The number of benzene rings is 1. The van der Waals surface area contributed by atoms with Crippen molar-refractivity contribution in [2.24, 2.45) is 10.8 Å². The number of rotatable bonds is 5. The minimum atomic E-state index is -0.732. The fraction of sp³-hybridized carbons (Fsp3) is 0.267. The molecule has 0 aliphatic carbocycles. The van der Waals surface area contributed by atoms with Gasteiger partial charge >= 0.3 is 12.0 Å². The van der Waals surface area contributed by atoms with E-state index in [1.807, 2.05) is 35.8 Å². The topological polar surface area (TPSA) is 98.7 Å². The monoisotopic (exact) mass is 302 g/mol. The van der Waals surface area contributed by atoms with Gasteiger partial charge in [-0.1, -0.05) is 18.2 Å². The highest BCUT2D eigenvalue weighted by molar-refractivity contribution is 6.01. The van der Waals surface area contributed by atoms with Crippen molar-refractivity contribution in [1.82, 2.24) is 9.99 Å². The van der Waals surface area contributed by atoms with Gasteiger partial charge in [-0.05, 0) is 19.9 Å². The number of nitrogens with one attached hydrogen (secondary N) is 1. The number of hydrazone groups is 1. The zero-order chi connectivity index (χ0) is 16.1. The SMILES string of the molecule is CCOC(=O)Cn1c(C)c(C=NNC(N)=O)c2ccccc21. The number of ether oxygens (including phenoxy) is 1. The van der Waals surface area contributed by atoms with E-state index in [9.17, 15) is 9.59 Å². The molecule has 3 N–H and O–H groups in total. The van der Waals surface area contributed by atoms with E-state index in [0.717, 1.165) is 22.2 Å². The van der Waals surface area contributed by atoms with Gasteiger partial charge in [0, 0.05) is 22.2 Å². The van der Waals surface area contributed by atoms with Gasteiger partial charge in [0.2, 0.25) is 0 Å². The molecule has 0 aliphatic rings. The predicted octanol–water partition coefficient (Wildman–Crippen LogP) is 1.52. The van der Waals surface area contributed by atoms with Gasteiger partial charge in [-0.25, -0.2) is 10.2 Å². The van der Waals surface area contributed by atoms with Gasteiger partial charge in [0.05, 0.1) is 12.8 Å². The van der Waals surface area contributed by atoms with Crippen molar-refractivity contribution < 1.29 is 14.3 Å². The Morgan fingerprint density at radius 3 is 2.82 bits per heavy atom. The maximum absolute atomic E-state index is 11.8. The number of hydrogen-bond acceptors (Lipinski definition) is 4. The van der Waals surface area contributed by atoms with Gasteiger partial charge < -0.3 is 15.0 Å². The highest BCUT2D eigenvalue weighted by atomic mass is 16.5. The predicted molar refractivity (Wildman–Crippen MR) is 83.6 cm³/mol. The number of esters is 1. The Kier molecular flexibility index (Phi) is 4.77. The maximum atomic E-state index is 11.8. The van der Waals surface area contributed by atoms with Crippen LogP contribution in [0.2, 0.25) is 0 Å². The Hall–Kier alpha value is -2.83. The second-order valence-corrected chi connectivity index (χ2v) is 4.64. The van der Waals surface area contributed by atoms with Crippen LogP contribution in [0.3, 0.4) is 0 Å². The largest absolute Gasteiger partial charge is 0.465 e. The number of aromatic nitrogens is 1. The number of urea groups is 1. The van der Waals surface area contributed by atoms with E-state index in [-0.39, 0.29) is 12.5 Å². The summed E-state index contributed by atoms with van der Waals surface area (Å²) in [5.41, 5.74) is 9.71. The van der Waals surface area contributed by atoms with Crippen molar-refractivity contribution in [1.29, 1.82) is 0 Å². The van der Waals surface area contributed by atoms with Gasteiger partial charge in [-0.3, -0.25) is 4.79 Å². The summed E-state index contributed by atoms with van der Waals surface area (Å²) >= 11 is 0. The summed E-state index contributed by atoms with van der Waals surface area (Å²) in [5, 5.41) is 4.73. The molecule has 1 aromatic carbocycles. The van der Waals surface area contributed by atoms with E-state index in [2.05, 4.69) is 10.5 Å². The fourth-order valence-corrected chi connectivity index (χ4v) is 2.32. The molecule has 0 spiro atoms. The van der Waals surface area contributed by atoms with E-state index in [0.29, 0.717) is 6.61 Å². The van der Waals surface area contributed by atoms with Crippen LogP contribution >= 0.6 is 0 Å². The number of para-hydroxylation sites is 1. The van der Waals surface area contributed by atoms with Crippen molar-refractivity contribution in [3.8, 4) is 0 Å². The highest BCUT2D eigenvalue weighted by Gasteiger charge is 2.15. The lowest BCUT2D eigenvalue weighted by atomic mass is 10.1. The normalized spacial score (nSPS) is 11.0. The van der Waals surface area contributed by atoms with E-state index in [1.54, 1.807) is 6.92 Å². The quantitative estimate of drug-likeness (QED) is 0.497. The molecule has 2 aromatic rings. The lowest BCUT2D eigenvalue weighted by Crippen LogP contribution is -2.24. The van der Waals surface area contributed by atoms with E-state index in [4.69, 9.17) is 10.5 Å². The number of amides is 2. The molecule has 7 heteroatoms. The first-order valence-electron chi connectivity index (χ1n) is 6.86. The maximum Gasteiger partial charge on any atom is 0.332 e. The first-order valence-corrected chi connectivity index (χ1v) is 6.86. The van der Waals surface area contributed by atoms with Gasteiger partial charge in [0.25, 0.3) is 0 Å². The molecule has 0 saturated heterocycles. The molecule has 0 radical (unpaired) electrons. The smallest absolute Gasteiger partial charge is 0.332 e. The van der Waals surface area contributed by atoms with Crippen molar-refractivity contribution in [3.05, 3.63) is 35.5 Å². The van der Waals surface area contributed by atoms with E-state index >= 15 is 0 Å². The molecule has 0 unspecified atom stereocenters. The molecule has 0 saturated carbocycles. The number of nitrogens with zero attached hydrogens (tertiary/aromatic N) is 2. The molecule has 1 aromatic heterocycles. The number of nitrogens with two attached hydrogens (primary N) is 1. The van der Waals surface area contributed by atoms with E-state index in [1.165, 1.54) is 6.21 Å². The third-order valence-electron chi connectivity index (χ3n) is 3.24. The van der Waals surface area contributed by atoms with Crippen LogP contribution in [-0.4, -0.2) is 29.4 Å². The molecule has 22 heavy (non-hydrogen) atoms. The Bertz CT molecular complexity index is 734. The molecule has 2 amide bonds. The average Bonchev–Trinajstić information content (AvgIpc) is 2.73. The number of carbonyl (C=O) groups excluding carboxylic acids is 2. The standard InChI is InChI=1S/C15H18N4O3/c1-3-22-14(20)9-19-10(2)12(8-17-18-15(16)21)11-6-4-5-7-13(11)19/h4-8H,3,9H2,1-2H3,(H3,16,18,21). The van der Waals surface area contributed by atoms with E-state index < -0.39 is 6.03 Å². The first kappa shape index (κ1) is 15.6. The third kappa shape index (κ3) is 3.25. The lowest BCUT2D eigenvalue weighted by Gasteiger charge is -2.07. The van der Waals surface area contributed by atoms with Crippen LogP contribution in [0.25, 0.3) is 10.9 Å². The summed E-state index contributed by atoms with van der Waals surface area (Å²) < 4.78 is 6.86. The minimum Gasteiger partial charge on any atom is -0.465 e. The number of hydrogen-bond donors (Lipinski definition) is 2. The third-order valence-corrected chi connectivity index (χ3v) is 3.24. The summed E-state index contributed by atoms with van der Waals surface area (Å²) in [7, 11) is 0. The Labute approximate surface area is 127 Å². The molecule has 0 fully saturated rings. The highest BCUT2D eigenvalue weighted by Crippen LogP contribution is 2.24. The zero-order valence-electron chi connectivity index (χ0n) is 12.5. The van der Waals surface area contributed by atoms with Gasteiger partial charge in [0.15, 0.2) is 0 Å². The Balaban J connectivity index is 2.44. The number of fused-ring (bicyclic) bond motifs is 1. The first-order chi connectivity index (χ1) is 10.5. The molecule has 0 atom stereocenters. The summed E-state index contributed by atoms with van der Waals surface area (Å²) in [6, 6.07) is 6.90. The molecular weight excluding hydrogens is 284 g/mol.